The molecule has 6 nitrogen and oxygen atoms in total. The normalized spacial score (nSPS) is 13.9. The van der Waals surface area contributed by atoms with Crippen LogP contribution in [-0.2, 0) is 17.8 Å². The summed E-state index contributed by atoms with van der Waals surface area (Å²) in [5.74, 6) is -0.0246. The van der Waals surface area contributed by atoms with E-state index in [-0.39, 0.29) is 30.1 Å². The van der Waals surface area contributed by atoms with Gasteiger partial charge in [-0.15, -0.1) is 0 Å². The van der Waals surface area contributed by atoms with Gasteiger partial charge in [0.05, 0.1) is 11.8 Å². The third-order valence-corrected chi connectivity index (χ3v) is 5.29. The minimum absolute atomic E-state index is 0.130. The maximum absolute atomic E-state index is 13.9. The second kappa shape index (κ2) is 9.68. The van der Waals surface area contributed by atoms with Crippen LogP contribution in [0.4, 0.5) is 14.6 Å². The van der Waals surface area contributed by atoms with Crippen molar-refractivity contribution in [2.45, 2.75) is 38.6 Å². The van der Waals surface area contributed by atoms with E-state index in [1.165, 1.54) is 31.5 Å². The minimum Gasteiger partial charge on any atom is -0.441 e. The number of aryl methyl sites for hydroxylation is 1. The average Bonchev–Trinajstić information content (AvgIpc) is 3.26. The highest BCUT2D eigenvalue weighted by Gasteiger charge is 2.14. The van der Waals surface area contributed by atoms with Crippen LogP contribution in [0, 0.1) is 11.6 Å². The van der Waals surface area contributed by atoms with Gasteiger partial charge in [0.1, 0.15) is 17.5 Å². The van der Waals surface area contributed by atoms with Gasteiger partial charge in [-0.3, -0.25) is 4.79 Å². The van der Waals surface area contributed by atoms with Crippen molar-refractivity contribution in [2.75, 3.05) is 18.0 Å². The van der Waals surface area contributed by atoms with Crippen molar-refractivity contribution < 1.29 is 18.0 Å². The molecule has 162 valence electrons. The number of oxazole rings is 1. The van der Waals surface area contributed by atoms with E-state index < -0.39 is 11.6 Å². The van der Waals surface area contributed by atoms with Crippen molar-refractivity contribution in [1.29, 1.82) is 0 Å². The van der Waals surface area contributed by atoms with Crippen LogP contribution in [0.15, 0.2) is 47.1 Å². The molecule has 1 aromatic carbocycles. The smallest absolute Gasteiger partial charge is 0.220 e. The lowest BCUT2D eigenvalue weighted by Gasteiger charge is -2.27. The number of benzene rings is 1. The molecule has 3 aromatic rings. The maximum Gasteiger partial charge on any atom is 0.220 e. The maximum atomic E-state index is 13.9. The van der Waals surface area contributed by atoms with Gasteiger partial charge in [-0.05, 0) is 43.0 Å². The molecular formula is C23H24F2N4O2. The zero-order chi connectivity index (χ0) is 21.6. The molecule has 0 spiro atoms. The van der Waals surface area contributed by atoms with Crippen LogP contribution in [0.2, 0.25) is 0 Å². The minimum atomic E-state index is -0.722. The van der Waals surface area contributed by atoms with Gasteiger partial charge < -0.3 is 14.6 Å². The largest absolute Gasteiger partial charge is 0.441 e. The fourth-order valence-corrected chi connectivity index (χ4v) is 3.58. The average molecular weight is 426 g/mol. The second-order valence-corrected chi connectivity index (χ2v) is 7.59. The Morgan fingerprint density at radius 2 is 1.90 bits per heavy atom. The van der Waals surface area contributed by atoms with E-state index in [1.807, 2.05) is 12.1 Å². The summed E-state index contributed by atoms with van der Waals surface area (Å²) < 4.78 is 32.4. The van der Waals surface area contributed by atoms with Gasteiger partial charge in [-0.2, -0.15) is 0 Å². The summed E-state index contributed by atoms with van der Waals surface area (Å²) in [6.07, 6.45) is 7.31. The third kappa shape index (κ3) is 5.45. The van der Waals surface area contributed by atoms with Crippen molar-refractivity contribution in [3.05, 3.63) is 65.8 Å². The van der Waals surface area contributed by atoms with Crippen LogP contribution in [0.25, 0.3) is 11.3 Å². The number of halogens is 2. The summed E-state index contributed by atoms with van der Waals surface area (Å²) in [4.78, 5) is 23.0. The van der Waals surface area contributed by atoms with Crippen molar-refractivity contribution in [3.63, 3.8) is 0 Å². The number of rotatable bonds is 7. The van der Waals surface area contributed by atoms with E-state index >= 15 is 0 Å². The van der Waals surface area contributed by atoms with Crippen LogP contribution in [0.1, 0.15) is 37.1 Å². The number of carbonyl (C=O) groups is 1. The Morgan fingerprint density at radius 1 is 1.06 bits per heavy atom. The predicted octanol–water partition coefficient (Wildman–Crippen LogP) is 4.25. The lowest BCUT2D eigenvalue weighted by molar-refractivity contribution is -0.121. The number of hydrogen-bond acceptors (Lipinski definition) is 5. The highest BCUT2D eigenvalue weighted by atomic mass is 19.1. The van der Waals surface area contributed by atoms with Gasteiger partial charge in [0.15, 0.2) is 11.7 Å². The van der Waals surface area contributed by atoms with Crippen LogP contribution in [0.3, 0.4) is 0 Å². The standard InChI is InChI=1S/C23H24F2N4O2/c24-17-5-6-18(19(25)12-17)20-15-28-23(31-20)9-8-22(30)27-14-16-4-7-21(26-13-16)29-10-2-1-3-11-29/h4-7,12-13,15H,1-3,8-11,14H2,(H,27,30). The van der Waals surface area contributed by atoms with Gasteiger partial charge in [0.2, 0.25) is 5.91 Å². The zero-order valence-corrected chi connectivity index (χ0v) is 17.1. The lowest BCUT2D eigenvalue weighted by atomic mass is 10.1. The van der Waals surface area contributed by atoms with Gasteiger partial charge in [0.25, 0.3) is 0 Å². The number of carbonyl (C=O) groups excluding carboxylic acids is 1. The molecule has 2 aromatic heterocycles. The number of anilines is 1. The fourth-order valence-electron chi connectivity index (χ4n) is 3.58. The fraction of sp³-hybridized carbons (Fsp3) is 0.348. The summed E-state index contributed by atoms with van der Waals surface area (Å²) in [7, 11) is 0. The predicted molar refractivity (Wildman–Crippen MR) is 112 cm³/mol. The summed E-state index contributed by atoms with van der Waals surface area (Å²) in [6, 6.07) is 7.22. The molecule has 1 N–H and O–H groups in total. The highest BCUT2D eigenvalue weighted by molar-refractivity contribution is 5.76. The summed E-state index contributed by atoms with van der Waals surface area (Å²) in [5, 5.41) is 2.86. The molecule has 0 atom stereocenters. The molecule has 1 aliphatic rings. The molecule has 0 unspecified atom stereocenters. The van der Waals surface area contributed by atoms with Crippen molar-refractivity contribution >= 4 is 11.7 Å². The molecule has 31 heavy (non-hydrogen) atoms. The number of nitrogens with one attached hydrogen (secondary N) is 1. The first-order valence-corrected chi connectivity index (χ1v) is 10.5. The van der Waals surface area contributed by atoms with Gasteiger partial charge in [-0.25, -0.2) is 18.7 Å². The molecule has 1 fully saturated rings. The second-order valence-electron chi connectivity index (χ2n) is 7.59. The Kier molecular flexibility index (Phi) is 6.54. The van der Waals surface area contributed by atoms with E-state index in [4.69, 9.17) is 4.42 Å². The first-order valence-electron chi connectivity index (χ1n) is 10.5. The van der Waals surface area contributed by atoms with E-state index in [2.05, 4.69) is 20.2 Å². The Balaban J connectivity index is 1.25. The molecule has 0 aliphatic carbocycles. The molecule has 1 amide bonds. The topological polar surface area (TPSA) is 71.3 Å². The van der Waals surface area contributed by atoms with Crippen molar-refractivity contribution in [2.24, 2.45) is 0 Å². The number of pyridine rings is 1. The number of aromatic nitrogens is 2. The molecule has 3 heterocycles. The molecule has 4 rings (SSSR count). The molecule has 8 heteroatoms. The Labute approximate surface area is 179 Å². The monoisotopic (exact) mass is 426 g/mol. The molecule has 0 radical (unpaired) electrons. The van der Waals surface area contributed by atoms with E-state index in [1.54, 1.807) is 6.20 Å². The van der Waals surface area contributed by atoms with Crippen LogP contribution in [-0.4, -0.2) is 29.0 Å². The van der Waals surface area contributed by atoms with E-state index in [9.17, 15) is 13.6 Å². The molecule has 1 aliphatic heterocycles. The van der Waals surface area contributed by atoms with Gasteiger partial charge >= 0.3 is 0 Å². The number of hydrogen-bond donors (Lipinski definition) is 1. The highest BCUT2D eigenvalue weighted by Crippen LogP contribution is 2.24. The molecular weight excluding hydrogens is 402 g/mol. The van der Waals surface area contributed by atoms with Gasteiger partial charge in [0, 0.05) is 44.7 Å². The SMILES string of the molecule is O=C(CCc1ncc(-c2ccc(F)cc2F)o1)NCc1ccc(N2CCCCC2)nc1. The zero-order valence-electron chi connectivity index (χ0n) is 17.1. The lowest BCUT2D eigenvalue weighted by Crippen LogP contribution is -2.30. The Hall–Kier alpha value is -3.29. The van der Waals surface area contributed by atoms with Gasteiger partial charge in [-0.1, -0.05) is 6.07 Å². The van der Waals surface area contributed by atoms with Crippen molar-refractivity contribution in [1.82, 2.24) is 15.3 Å². The first-order chi connectivity index (χ1) is 15.1. The summed E-state index contributed by atoms with van der Waals surface area (Å²) in [5.41, 5.74) is 1.06. The number of nitrogens with zero attached hydrogens (tertiary/aromatic N) is 3. The number of amides is 1. The summed E-state index contributed by atoms with van der Waals surface area (Å²) >= 11 is 0. The number of piperidine rings is 1. The molecule has 0 bridgehead atoms. The third-order valence-electron chi connectivity index (χ3n) is 5.29. The van der Waals surface area contributed by atoms with E-state index in [0.29, 0.717) is 12.4 Å². The quantitative estimate of drug-likeness (QED) is 0.612. The molecule has 1 saturated heterocycles. The van der Waals surface area contributed by atoms with Crippen LogP contribution in [0.5, 0.6) is 0 Å². The Morgan fingerprint density at radius 3 is 2.65 bits per heavy atom. The van der Waals surface area contributed by atoms with Crippen LogP contribution >= 0.6 is 0 Å². The van der Waals surface area contributed by atoms with Crippen LogP contribution < -0.4 is 10.2 Å². The van der Waals surface area contributed by atoms with Crippen molar-refractivity contribution in [3.8, 4) is 11.3 Å². The Bertz CT molecular complexity index is 1030. The summed E-state index contributed by atoms with van der Waals surface area (Å²) in [6.45, 7) is 2.47. The van der Waals surface area contributed by atoms with E-state index in [0.717, 1.165) is 36.6 Å². The molecule has 0 saturated carbocycles. The first kappa shape index (κ1) is 21.0.